The Bertz CT molecular complexity index is 1410. The number of amides is 5. The largest absolute Gasteiger partial charge is 0.478 e. The van der Waals surface area contributed by atoms with Gasteiger partial charge in [-0.05, 0) is 41.7 Å². The SMILES string of the molecule is CC1(C)[C@@H]2[C@@H](C(=O)N[C@@H](C[C@@H]3Oc4cc(F)ccc4NC3=O)C(N)=O)N(C(=O)[C@H](CC3CC3)NC(=O)C3CC(F)(F)C3)C[C@@H]21. The smallest absolute Gasteiger partial charge is 0.265 e. The molecular formula is C30H36F3N5O6. The molecule has 1 aromatic rings. The van der Waals surface area contributed by atoms with Crippen molar-refractivity contribution in [2.75, 3.05) is 11.9 Å². The van der Waals surface area contributed by atoms with Crippen LogP contribution in [0.4, 0.5) is 18.9 Å². The lowest BCUT2D eigenvalue weighted by molar-refractivity contribution is -0.153. The summed E-state index contributed by atoms with van der Waals surface area (Å²) in [6, 6.07) is 0.284. The minimum absolute atomic E-state index is 0.00400. The Balaban J connectivity index is 1.16. The number of nitrogens with one attached hydrogen (secondary N) is 3. The summed E-state index contributed by atoms with van der Waals surface area (Å²) in [6.45, 7) is 4.21. The molecule has 238 valence electrons. The summed E-state index contributed by atoms with van der Waals surface area (Å²) in [7, 11) is 0. The van der Waals surface area contributed by atoms with E-state index >= 15 is 0 Å². The van der Waals surface area contributed by atoms with E-state index in [4.69, 9.17) is 10.5 Å². The van der Waals surface area contributed by atoms with Crippen LogP contribution in [-0.4, -0.2) is 71.1 Å². The molecule has 1 aromatic carbocycles. The van der Waals surface area contributed by atoms with Crippen LogP contribution in [0.5, 0.6) is 5.75 Å². The third-order valence-corrected chi connectivity index (χ3v) is 9.97. The first-order valence-electron chi connectivity index (χ1n) is 15.0. The van der Waals surface area contributed by atoms with Gasteiger partial charge in [0.15, 0.2) is 6.10 Å². The summed E-state index contributed by atoms with van der Waals surface area (Å²) in [5.41, 5.74) is 5.59. The molecule has 0 bridgehead atoms. The number of halogens is 3. The van der Waals surface area contributed by atoms with Crippen LogP contribution in [0.15, 0.2) is 18.2 Å². The monoisotopic (exact) mass is 619 g/mol. The Morgan fingerprint density at radius 1 is 1.09 bits per heavy atom. The third kappa shape index (κ3) is 5.70. The highest BCUT2D eigenvalue weighted by atomic mass is 19.3. The molecule has 1 saturated heterocycles. The van der Waals surface area contributed by atoms with Gasteiger partial charge in [-0.15, -0.1) is 0 Å². The predicted octanol–water partition coefficient (Wildman–Crippen LogP) is 1.70. The molecule has 3 saturated carbocycles. The molecule has 2 heterocycles. The van der Waals surface area contributed by atoms with Gasteiger partial charge in [0.1, 0.15) is 29.7 Å². The Hall–Kier alpha value is -3.84. The minimum atomic E-state index is -2.89. The summed E-state index contributed by atoms with van der Waals surface area (Å²) < 4.78 is 46.2. The van der Waals surface area contributed by atoms with E-state index in [1.807, 2.05) is 13.8 Å². The Labute approximate surface area is 251 Å². The molecule has 4 fully saturated rings. The van der Waals surface area contributed by atoms with E-state index < -0.39 is 84.3 Å². The fraction of sp³-hybridized carbons (Fsp3) is 0.633. The zero-order valence-corrected chi connectivity index (χ0v) is 24.4. The lowest BCUT2D eigenvalue weighted by Gasteiger charge is -2.36. The van der Waals surface area contributed by atoms with Gasteiger partial charge in [-0.1, -0.05) is 26.7 Å². The highest BCUT2D eigenvalue weighted by Gasteiger charge is 2.69. The van der Waals surface area contributed by atoms with Crippen LogP contribution in [0, 0.1) is 34.9 Å². The fourth-order valence-electron chi connectivity index (χ4n) is 7.05. The predicted molar refractivity (Wildman–Crippen MR) is 148 cm³/mol. The molecule has 44 heavy (non-hydrogen) atoms. The summed E-state index contributed by atoms with van der Waals surface area (Å²) in [5, 5.41) is 7.88. The quantitative estimate of drug-likeness (QED) is 0.312. The Morgan fingerprint density at radius 3 is 2.41 bits per heavy atom. The number of anilines is 1. The maximum atomic E-state index is 13.9. The lowest BCUT2D eigenvalue weighted by atomic mass is 9.80. The number of ether oxygens (including phenoxy) is 1. The topological polar surface area (TPSA) is 160 Å². The number of nitrogens with zero attached hydrogens (tertiary/aromatic N) is 1. The third-order valence-electron chi connectivity index (χ3n) is 9.97. The number of alkyl halides is 2. The standard InChI is InChI=1S/C30H36F3N5O6/c1-29(2)16-12-38(28(43)19(7-13-3-4-13)37-25(40)14-10-30(32,33)11-14)23(22(16)29)27(42)36-18(24(34)39)9-21-26(41)35-17-6-5-15(31)8-20(17)44-21/h5-6,8,13-14,16,18-19,21-23H,3-4,7,9-12H2,1-2H3,(H2,34,39)(H,35,41)(H,36,42)(H,37,40)/t16-,18-,19-,21-,22-,23-/m0/s1. The average Bonchev–Trinajstić information content (AvgIpc) is 3.78. The second-order valence-corrected chi connectivity index (χ2v) is 13.5. The van der Waals surface area contributed by atoms with Gasteiger partial charge < -0.3 is 31.3 Å². The minimum Gasteiger partial charge on any atom is -0.478 e. The second kappa shape index (κ2) is 10.7. The zero-order chi connectivity index (χ0) is 31.7. The van der Waals surface area contributed by atoms with Gasteiger partial charge in [-0.2, -0.15) is 0 Å². The molecule has 11 nitrogen and oxygen atoms in total. The number of hydrogen-bond acceptors (Lipinski definition) is 6. The van der Waals surface area contributed by atoms with Crippen molar-refractivity contribution in [2.24, 2.45) is 34.8 Å². The number of piperidine rings is 1. The van der Waals surface area contributed by atoms with Gasteiger partial charge in [0.05, 0.1) is 5.69 Å². The number of fused-ring (bicyclic) bond motifs is 2. The van der Waals surface area contributed by atoms with E-state index in [-0.39, 0.29) is 47.6 Å². The first-order valence-corrected chi connectivity index (χ1v) is 15.0. The van der Waals surface area contributed by atoms with Gasteiger partial charge in [0.2, 0.25) is 29.6 Å². The first kappa shape index (κ1) is 30.2. The van der Waals surface area contributed by atoms with Crippen molar-refractivity contribution in [3.8, 4) is 5.75 Å². The summed E-state index contributed by atoms with van der Waals surface area (Å²) in [6.07, 6.45) is -0.604. The summed E-state index contributed by atoms with van der Waals surface area (Å²) >= 11 is 0. The van der Waals surface area contributed by atoms with Crippen LogP contribution < -0.4 is 26.4 Å². The van der Waals surface area contributed by atoms with E-state index in [1.54, 1.807) is 0 Å². The van der Waals surface area contributed by atoms with Crippen molar-refractivity contribution < 1.29 is 41.9 Å². The number of benzene rings is 1. The van der Waals surface area contributed by atoms with Gasteiger partial charge in [0.25, 0.3) is 5.91 Å². The van der Waals surface area contributed by atoms with Crippen molar-refractivity contribution in [3.63, 3.8) is 0 Å². The number of carbonyl (C=O) groups is 5. The highest BCUT2D eigenvalue weighted by Crippen LogP contribution is 2.65. The number of nitrogens with two attached hydrogens (primary N) is 1. The van der Waals surface area contributed by atoms with E-state index in [1.165, 1.54) is 11.0 Å². The maximum Gasteiger partial charge on any atom is 0.265 e. The fourth-order valence-corrected chi connectivity index (χ4v) is 7.05. The van der Waals surface area contributed by atoms with Crippen LogP contribution in [0.3, 0.4) is 0 Å². The molecule has 5 amide bonds. The summed E-state index contributed by atoms with van der Waals surface area (Å²) in [5.74, 6) is -7.54. The van der Waals surface area contributed by atoms with Gasteiger partial charge in [-0.25, -0.2) is 13.2 Å². The van der Waals surface area contributed by atoms with Crippen molar-refractivity contribution >= 4 is 35.2 Å². The van der Waals surface area contributed by atoms with Crippen molar-refractivity contribution in [1.82, 2.24) is 15.5 Å². The zero-order valence-electron chi connectivity index (χ0n) is 24.4. The van der Waals surface area contributed by atoms with E-state index in [9.17, 15) is 37.1 Å². The van der Waals surface area contributed by atoms with Crippen LogP contribution in [0.1, 0.15) is 52.4 Å². The molecule has 14 heteroatoms. The first-order chi connectivity index (χ1) is 20.6. The lowest BCUT2D eigenvalue weighted by Crippen LogP contribution is -2.59. The van der Waals surface area contributed by atoms with E-state index in [0.29, 0.717) is 6.42 Å². The van der Waals surface area contributed by atoms with Crippen LogP contribution in [0.25, 0.3) is 0 Å². The van der Waals surface area contributed by atoms with E-state index in [0.717, 1.165) is 25.0 Å². The molecule has 0 radical (unpaired) electrons. The molecule has 0 aromatic heterocycles. The molecule has 5 N–H and O–H groups in total. The molecule has 6 rings (SSSR count). The number of likely N-dealkylation sites (tertiary alicyclic amines) is 1. The summed E-state index contributed by atoms with van der Waals surface area (Å²) in [4.78, 5) is 67.0. The van der Waals surface area contributed by atoms with Crippen molar-refractivity contribution in [1.29, 1.82) is 0 Å². The number of rotatable bonds is 10. The Morgan fingerprint density at radius 2 is 1.77 bits per heavy atom. The van der Waals surface area contributed by atoms with Gasteiger partial charge >= 0.3 is 0 Å². The molecule has 2 aliphatic heterocycles. The van der Waals surface area contributed by atoms with Crippen LogP contribution in [0.2, 0.25) is 0 Å². The molecule has 5 aliphatic rings. The average molecular weight is 620 g/mol. The number of primary amides is 1. The number of carbonyl (C=O) groups excluding carboxylic acids is 5. The molecule has 0 unspecified atom stereocenters. The van der Waals surface area contributed by atoms with Gasteiger partial charge in [-0.3, -0.25) is 24.0 Å². The van der Waals surface area contributed by atoms with E-state index in [2.05, 4.69) is 16.0 Å². The number of hydrogen-bond donors (Lipinski definition) is 4. The molecule has 3 aliphatic carbocycles. The highest BCUT2D eigenvalue weighted by molar-refractivity contribution is 5.99. The second-order valence-electron chi connectivity index (χ2n) is 13.5. The Kier molecular flexibility index (Phi) is 7.31. The van der Waals surface area contributed by atoms with Crippen molar-refractivity contribution in [3.05, 3.63) is 24.0 Å². The van der Waals surface area contributed by atoms with Gasteiger partial charge in [0, 0.05) is 37.8 Å². The van der Waals surface area contributed by atoms with Crippen LogP contribution >= 0.6 is 0 Å². The normalized spacial score (nSPS) is 29.1. The molecule has 0 spiro atoms. The molecular weight excluding hydrogens is 583 g/mol. The maximum absolute atomic E-state index is 13.9. The van der Waals surface area contributed by atoms with Crippen molar-refractivity contribution in [2.45, 2.75) is 82.5 Å². The van der Waals surface area contributed by atoms with Crippen LogP contribution in [-0.2, 0) is 24.0 Å². The molecule has 6 atom stereocenters.